The van der Waals surface area contributed by atoms with Crippen LogP contribution in [0.25, 0.3) is 0 Å². The molecule has 0 N–H and O–H groups in total. The fourth-order valence-corrected chi connectivity index (χ4v) is 3.39. The molecule has 1 aliphatic heterocycles. The number of rotatable bonds is 3. The lowest BCUT2D eigenvalue weighted by molar-refractivity contribution is -0.119. The third-order valence-corrected chi connectivity index (χ3v) is 4.92. The van der Waals surface area contributed by atoms with E-state index in [4.69, 9.17) is 5.26 Å². The Kier molecular flexibility index (Phi) is 3.83. The zero-order valence-corrected chi connectivity index (χ0v) is 11.0. The zero-order chi connectivity index (χ0) is 13.9. The first-order chi connectivity index (χ1) is 9.07. The highest BCUT2D eigenvalue weighted by Gasteiger charge is 2.28. The van der Waals surface area contributed by atoms with Crippen molar-refractivity contribution in [1.29, 1.82) is 5.26 Å². The minimum absolute atomic E-state index is 0.117. The predicted molar refractivity (Wildman–Crippen MR) is 67.6 cm³/mol. The summed E-state index contributed by atoms with van der Waals surface area (Å²) in [4.78, 5) is 12.2. The van der Waals surface area contributed by atoms with Crippen molar-refractivity contribution in [3.63, 3.8) is 0 Å². The first-order valence-electron chi connectivity index (χ1n) is 5.77. The molecule has 0 saturated carbocycles. The second-order valence-electron chi connectivity index (χ2n) is 4.19. The number of nitrogens with zero attached hydrogens (tertiary/aromatic N) is 3. The smallest absolute Gasteiger partial charge is 0.243 e. The molecule has 1 saturated heterocycles. The van der Waals surface area contributed by atoms with Crippen LogP contribution in [0.1, 0.15) is 5.56 Å². The summed E-state index contributed by atoms with van der Waals surface area (Å²) < 4.78 is 26.1. The minimum Gasteiger partial charge on any atom is -0.343 e. The quantitative estimate of drug-likeness (QED) is 0.730. The lowest BCUT2D eigenvalue weighted by atomic mass is 10.2. The molecule has 1 fully saturated rings. The van der Waals surface area contributed by atoms with Gasteiger partial charge in [-0.2, -0.15) is 9.57 Å². The van der Waals surface area contributed by atoms with Gasteiger partial charge in [0, 0.05) is 26.2 Å². The number of sulfonamides is 1. The third-order valence-electron chi connectivity index (χ3n) is 3.02. The van der Waals surface area contributed by atoms with Crippen molar-refractivity contribution in [2.75, 3.05) is 26.2 Å². The van der Waals surface area contributed by atoms with Crippen LogP contribution in [0.2, 0.25) is 0 Å². The van der Waals surface area contributed by atoms with E-state index >= 15 is 0 Å². The number of nitriles is 1. The summed E-state index contributed by atoms with van der Waals surface area (Å²) in [6.45, 7) is 1.33. The van der Waals surface area contributed by atoms with Crippen molar-refractivity contribution in [3.8, 4) is 6.07 Å². The summed E-state index contributed by atoms with van der Waals surface area (Å²) in [5.74, 6) is 0. The second kappa shape index (κ2) is 5.38. The Morgan fingerprint density at radius 2 is 1.89 bits per heavy atom. The molecule has 1 aliphatic rings. The first-order valence-corrected chi connectivity index (χ1v) is 7.21. The lowest BCUT2D eigenvalue weighted by Gasteiger charge is -2.31. The van der Waals surface area contributed by atoms with Gasteiger partial charge in [0.2, 0.25) is 16.4 Å². The molecule has 0 bridgehead atoms. The molecule has 6 nitrogen and oxygen atoms in total. The van der Waals surface area contributed by atoms with E-state index in [1.807, 2.05) is 6.07 Å². The van der Waals surface area contributed by atoms with E-state index in [1.165, 1.54) is 21.3 Å². The van der Waals surface area contributed by atoms with Crippen molar-refractivity contribution >= 4 is 16.4 Å². The molecule has 0 radical (unpaired) electrons. The molecule has 0 aromatic heterocycles. The van der Waals surface area contributed by atoms with E-state index in [9.17, 15) is 13.2 Å². The molecule has 1 aromatic rings. The fourth-order valence-electron chi connectivity index (χ4n) is 1.92. The molecule has 0 spiro atoms. The average Bonchev–Trinajstić information content (AvgIpc) is 2.47. The summed E-state index contributed by atoms with van der Waals surface area (Å²) in [5, 5.41) is 8.80. The predicted octanol–water partition coefficient (Wildman–Crippen LogP) is 0.0210. The molecule has 0 atom stereocenters. The monoisotopic (exact) mass is 279 g/mol. The molecule has 0 aliphatic carbocycles. The van der Waals surface area contributed by atoms with E-state index in [2.05, 4.69) is 0 Å². The van der Waals surface area contributed by atoms with Crippen molar-refractivity contribution in [3.05, 3.63) is 29.8 Å². The number of carbonyl (C=O) groups is 1. The summed E-state index contributed by atoms with van der Waals surface area (Å²) >= 11 is 0. The van der Waals surface area contributed by atoms with Gasteiger partial charge >= 0.3 is 0 Å². The number of hydrogen-bond donors (Lipinski definition) is 0. The molecular formula is C12H13N3O3S. The van der Waals surface area contributed by atoms with Gasteiger partial charge in [-0.1, -0.05) is 6.07 Å². The highest BCUT2D eigenvalue weighted by atomic mass is 32.2. The van der Waals surface area contributed by atoms with Gasteiger partial charge in [0.15, 0.2) is 0 Å². The van der Waals surface area contributed by atoms with Gasteiger partial charge in [0.1, 0.15) is 0 Å². The molecule has 0 unspecified atom stereocenters. The maximum absolute atomic E-state index is 12.4. The Hall–Kier alpha value is -1.91. The van der Waals surface area contributed by atoms with Crippen LogP contribution in [0.3, 0.4) is 0 Å². The molecule has 19 heavy (non-hydrogen) atoms. The van der Waals surface area contributed by atoms with E-state index in [0.717, 1.165) is 6.41 Å². The van der Waals surface area contributed by atoms with E-state index in [0.29, 0.717) is 18.7 Å². The zero-order valence-electron chi connectivity index (χ0n) is 10.2. The van der Waals surface area contributed by atoms with Crippen LogP contribution in [-0.4, -0.2) is 50.2 Å². The summed E-state index contributed by atoms with van der Waals surface area (Å²) in [7, 11) is -3.59. The standard InChI is InChI=1S/C12H13N3O3S/c13-9-11-2-1-3-12(8-11)19(17,18)15-6-4-14(10-16)5-7-15/h1-3,8,10H,4-7H2. The molecule has 1 heterocycles. The first kappa shape index (κ1) is 13.5. The molecule has 1 aromatic carbocycles. The SMILES string of the molecule is N#Cc1cccc(S(=O)(=O)N2CCN(C=O)CC2)c1. The van der Waals surface area contributed by atoms with Gasteiger partial charge in [-0.05, 0) is 18.2 Å². The molecule has 100 valence electrons. The molecule has 2 rings (SSSR count). The van der Waals surface area contributed by atoms with Crippen molar-refractivity contribution < 1.29 is 13.2 Å². The van der Waals surface area contributed by atoms with Gasteiger partial charge in [0.25, 0.3) is 0 Å². The maximum Gasteiger partial charge on any atom is 0.243 e. The Morgan fingerprint density at radius 3 is 2.47 bits per heavy atom. The summed E-state index contributed by atoms with van der Waals surface area (Å²) in [5.41, 5.74) is 0.313. The van der Waals surface area contributed by atoms with Gasteiger partial charge < -0.3 is 4.90 Å². The number of carbonyl (C=O) groups excluding carboxylic acids is 1. The fraction of sp³-hybridized carbons (Fsp3) is 0.333. The van der Waals surface area contributed by atoms with Gasteiger partial charge in [0.05, 0.1) is 16.5 Å². The van der Waals surface area contributed by atoms with Crippen molar-refractivity contribution in [2.24, 2.45) is 0 Å². The summed E-state index contributed by atoms with van der Waals surface area (Å²) in [6.07, 6.45) is 0.722. The number of piperazine rings is 1. The number of benzene rings is 1. The minimum atomic E-state index is -3.59. The van der Waals surface area contributed by atoms with Crippen LogP contribution in [0, 0.1) is 11.3 Å². The van der Waals surface area contributed by atoms with Gasteiger partial charge in [-0.3, -0.25) is 4.79 Å². The lowest BCUT2D eigenvalue weighted by Crippen LogP contribution is -2.47. The Bertz CT molecular complexity index is 613. The normalized spacial score (nSPS) is 16.9. The number of amides is 1. The Morgan fingerprint density at radius 1 is 1.21 bits per heavy atom. The summed E-state index contributed by atoms with van der Waals surface area (Å²) in [6, 6.07) is 7.87. The number of hydrogen-bond acceptors (Lipinski definition) is 4. The van der Waals surface area contributed by atoms with Gasteiger partial charge in [-0.15, -0.1) is 0 Å². The molecule has 1 amide bonds. The van der Waals surface area contributed by atoms with Gasteiger partial charge in [-0.25, -0.2) is 8.42 Å². The third kappa shape index (κ3) is 2.75. The topological polar surface area (TPSA) is 81.5 Å². The highest BCUT2D eigenvalue weighted by molar-refractivity contribution is 7.89. The van der Waals surface area contributed by atoms with Crippen LogP contribution in [-0.2, 0) is 14.8 Å². The Labute approximate surface area is 111 Å². The van der Waals surface area contributed by atoms with E-state index < -0.39 is 10.0 Å². The maximum atomic E-state index is 12.4. The average molecular weight is 279 g/mol. The Balaban J connectivity index is 2.23. The van der Waals surface area contributed by atoms with Crippen molar-refractivity contribution in [2.45, 2.75) is 4.90 Å². The van der Waals surface area contributed by atoms with Crippen LogP contribution in [0.4, 0.5) is 0 Å². The van der Waals surface area contributed by atoms with Crippen molar-refractivity contribution in [1.82, 2.24) is 9.21 Å². The van der Waals surface area contributed by atoms with Crippen LogP contribution in [0.15, 0.2) is 29.2 Å². The van der Waals surface area contributed by atoms with Crippen LogP contribution >= 0.6 is 0 Å². The highest BCUT2D eigenvalue weighted by Crippen LogP contribution is 2.18. The van der Waals surface area contributed by atoms with E-state index in [1.54, 1.807) is 12.1 Å². The largest absolute Gasteiger partial charge is 0.343 e. The van der Waals surface area contributed by atoms with Crippen LogP contribution in [0.5, 0.6) is 0 Å². The molecule has 7 heteroatoms. The van der Waals surface area contributed by atoms with Crippen LogP contribution < -0.4 is 0 Å². The molecular weight excluding hydrogens is 266 g/mol. The second-order valence-corrected chi connectivity index (χ2v) is 6.12. The van der Waals surface area contributed by atoms with E-state index in [-0.39, 0.29) is 18.0 Å².